The van der Waals surface area contributed by atoms with E-state index in [9.17, 15) is 5.11 Å². The summed E-state index contributed by atoms with van der Waals surface area (Å²) >= 11 is 0. The third-order valence-electron chi connectivity index (χ3n) is 3.19. The molecule has 0 aliphatic rings. The van der Waals surface area contributed by atoms with E-state index in [0.29, 0.717) is 12.4 Å². The van der Waals surface area contributed by atoms with Crippen molar-refractivity contribution >= 4 is 0 Å². The molecule has 3 heteroatoms. The largest absolute Gasteiger partial charge is 0.508 e. The number of aromatic hydroxyl groups is 1. The molecule has 1 unspecified atom stereocenters. The maximum absolute atomic E-state index is 9.77. The summed E-state index contributed by atoms with van der Waals surface area (Å²) in [4.78, 5) is 0. The summed E-state index contributed by atoms with van der Waals surface area (Å²) in [5.74, 6) is 1.24. The lowest BCUT2D eigenvalue weighted by Crippen LogP contribution is -2.21. The Labute approximate surface area is 120 Å². The summed E-state index contributed by atoms with van der Waals surface area (Å²) in [6, 6.07) is 17.4. The van der Waals surface area contributed by atoms with Gasteiger partial charge in [0, 0.05) is 11.6 Å². The van der Waals surface area contributed by atoms with Gasteiger partial charge in [0.2, 0.25) is 0 Å². The first-order valence-electron chi connectivity index (χ1n) is 6.96. The standard InChI is InChI=1S/C17H21NO2/c1-14(16-10-5-6-11-17(16)19)18-12-7-13-20-15-8-3-2-4-9-15/h2-6,8-11,14,18-19H,7,12-13H2,1H3. The molecule has 0 saturated carbocycles. The van der Waals surface area contributed by atoms with Crippen LogP contribution in [0.15, 0.2) is 54.6 Å². The fourth-order valence-electron chi connectivity index (χ4n) is 2.06. The fraction of sp³-hybridized carbons (Fsp3) is 0.294. The van der Waals surface area contributed by atoms with Gasteiger partial charge in [-0.15, -0.1) is 0 Å². The first kappa shape index (κ1) is 14.4. The Balaban J connectivity index is 1.67. The molecule has 0 saturated heterocycles. The van der Waals surface area contributed by atoms with Crippen LogP contribution < -0.4 is 10.1 Å². The van der Waals surface area contributed by atoms with E-state index in [1.807, 2.05) is 55.5 Å². The zero-order valence-electron chi connectivity index (χ0n) is 11.8. The smallest absolute Gasteiger partial charge is 0.120 e. The van der Waals surface area contributed by atoms with E-state index in [1.54, 1.807) is 6.07 Å². The van der Waals surface area contributed by atoms with Gasteiger partial charge in [-0.1, -0.05) is 36.4 Å². The lowest BCUT2D eigenvalue weighted by atomic mass is 10.1. The highest BCUT2D eigenvalue weighted by atomic mass is 16.5. The molecule has 2 aromatic carbocycles. The van der Waals surface area contributed by atoms with Gasteiger partial charge in [-0.05, 0) is 38.1 Å². The second-order valence-corrected chi connectivity index (χ2v) is 4.75. The van der Waals surface area contributed by atoms with E-state index in [0.717, 1.165) is 24.3 Å². The van der Waals surface area contributed by atoms with Crippen molar-refractivity contribution in [2.24, 2.45) is 0 Å². The minimum atomic E-state index is 0.132. The molecule has 2 aromatic rings. The molecular formula is C17H21NO2. The van der Waals surface area contributed by atoms with Gasteiger partial charge in [0.15, 0.2) is 0 Å². The second-order valence-electron chi connectivity index (χ2n) is 4.75. The zero-order valence-corrected chi connectivity index (χ0v) is 11.8. The quantitative estimate of drug-likeness (QED) is 0.757. The highest BCUT2D eigenvalue weighted by Gasteiger charge is 2.08. The highest BCUT2D eigenvalue weighted by Crippen LogP contribution is 2.22. The first-order valence-corrected chi connectivity index (χ1v) is 6.96. The van der Waals surface area contributed by atoms with E-state index in [2.05, 4.69) is 5.32 Å². The molecule has 0 aliphatic heterocycles. The number of phenols is 1. The summed E-state index contributed by atoms with van der Waals surface area (Å²) in [5, 5.41) is 13.2. The van der Waals surface area contributed by atoms with Crippen molar-refractivity contribution in [2.45, 2.75) is 19.4 Å². The van der Waals surface area contributed by atoms with Gasteiger partial charge in [0.05, 0.1) is 6.61 Å². The number of hydrogen-bond acceptors (Lipinski definition) is 3. The molecule has 0 amide bonds. The fourth-order valence-corrected chi connectivity index (χ4v) is 2.06. The minimum Gasteiger partial charge on any atom is -0.508 e. The molecule has 0 radical (unpaired) electrons. The highest BCUT2D eigenvalue weighted by molar-refractivity contribution is 5.34. The predicted octanol–water partition coefficient (Wildman–Crippen LogP) is 3.51. The Hall–Kier alpha value is -2.00. The van der Waals surface area contributed by atoms with E-state index in [-0.39, 0.29) is 6.04 Å². The van der Waals surface area contributed by atoms with Gasteiger partial charge in [0.25, 0.3) is 0 Å². The molecule has 20 heavy (non-hydrogen) atoms. The van der Waals surface area contributed by atoms with Crippen LogP contribution in [0.2, 0.25) is 0 Å². The minimum absolute atomic E-state index is 0.132. The van der Waals surface area contributed by atoms with Crippen LogP contribution >= 0.6 is 0 Å². The molecule has 3 nitrogen and oxygen atoms in total. The molecular weight excluding hydrogens is 250 g/mol. The molecule has 2 rings (SSSR count). The zero-order chi connectivity index (χ0) is 14.2. The SMILES string of the molecule is CC(NCCCOc1ccccc1)c1ccccc1O. The first-order chi connectivity index (χ1) is 9.77. The average Bonchev–Trinajstić information content (AvgIpc) is 2.48. The Morgan fingerprint density at radius 3 is 2.50 bits per heavy atom. The van der Waals surface area contributed by atoms with Crippen LogP contribution in [0.4, 0.5) is 0 Å². The van der Waals surface area contributed by atoms with Gasteiger partial charge < -0.3 is 15.2 Å². The van der Waals surface area contributed by atoms with Crippen molar-refractivity contribution in [3.63, 3.8) is 0 Å². The Morgan fingerprint density at radius 1 is 1.05 bits per heavy atom. The molecule has 106 valence electrons. The van der Waals surface area contributed by atoms with Crippen molar-refractivity contribution in [3.05, 3.63) is 60.2 Å². The van der Waals surface area contributed by atoms with Crippen LogP contribution in [0, 0.1) is 0 Å². The van der Waals surface area contributed by atoms with E-state index >= 15 is 0 Å². The summed E-state index contributed by atoms with van der Waals surface area (Å²) in [6.07, 6.45) is 0.923. The second kappa shape index (κ2) is 7.56. The van der Waals surface area contributed by atoms with Gasteiger partial charge in [0.1, 0.15) is 11.5 Å². The molecule has 1 atom stereocenters. The maximum Gasteiger partial charge on any atom is 0.120 e. The van der Waals surface area contributed by atoms with Crippen LogP contribution in [0.5, 0.6) is 11.5 Å². The number of rotatable bonds is 7. The number of nitrogens with one attached hydrogen (secondary N) is 1. The lowest BCUT2D eigenvalue weighted by molar-refractivity contribution is 0.305. The third kappa shape index (κ3) is 4.28. The summed E-state index contributed by atoms with van der Waals surface area (Å²) in [5.41, 5.74) is 0.927. The molecule has 0 bridgehead atoms. The van der Waals surface area contributed by atoms with Crippen molar-refractivity contribution in [1.29, 1.82) is 0 Å². The van der Waals surface area contributed by atoms with Crippen LogP contribution in [0.25, 0.3) is 0 Å². The number of benzene rings is 2. The van der Waals surface area contributed by atoms with Crippen molar-refractivity contribution in [2.75, 3.05) is 13.2 Å². The number of hydrogen-bond donors (Lipinski definition) is 2. The van der Waals surface area contributed by atoms with E-state index in [4.69, 9.17) is 4.74 Å². The Kier molecular flexibility index (Phi) is 5.44. The van der Waals surface area contributed by atoms with Crippen molar-refractivity contribution < 1.29 is 9.84 Å². The monoisotopic (exact) mass is 271 g/mol. The topological polar surface area (TPSA) is 41.5 Å². The number of para-hydroxylation sites is 2. The number of phenolic OH excluding ortho intramolecular Hbond substituents is 1. The van der Waals surface area contributed by atoms with Gasteiger partial charge in [-0.3, -0.25) is 0 Å². The maximum atomic E-state index is 9.77. The van der Waals surface area contributed by atoms with E-state index in [1.165, 1.54) is 0 Å². The lowest BCUT2D eigenvalue weighted by Gasteiger charge is -2.15. The molecule has 0 heterocycles. The molecule has 0 fully saturated rings. The Morgan fingerprint density at radius 2 is 1.75 bits per heavy atom. The van der Waals surface area contributed by atoms with Crippen LogP contribution in [0.1, 0.15) is 24.9 Å². The van der Waals surface area contributed by atoms with Crippen LogP contribution in [-0.2, 0) is 0 Å². The van der Waals surface area contributed by atoms with Crippen molar-refractivity contribution in [3.8, 4) is 11.5 Å². The average molecular weight is 271 g/mol. The predicted molar refractivity (Wildman–Crippen MR) is 81.1 cm³/mol. The van der Waals surface area contributed by atoms with E-state index < -0.39 is 0 Å². The van der Waals surface area contributed by atoms with Crippen LogP contribution in [0.3, 0.4) is 0 Å². The summed E-state index contributed by atoms with van der Waals surface area (Å²) < 4.78 is 5.63. The van der Waals surface area contributed by atoms with Gasteiger partial charge in [-0.25, -0.2) is 0 Å². The normalized spacial score (nSPS) is 12.1. The molecule has 0 spiro atoms. The van der Waals surface area contributed by atoms with Gasteiger partial charge >= 0.3 is 0 Å². The van der Waals surface area contributed by atoms with Crippen molar-refractivity contribution in [1.82, 2.24) is 5.32 Å². The molecule has 0 aliphatic carbocycles. The van der Waals surface area contributed by atoms with Crippen LogP contribution in [-0.4, -0.2) is 18.3 Å². The summed E-state index contributed by atoms with van der Waals surface area (Å²) in [7, 11) is 0. The molecule has 2 N–H and O–H groups in total. The summed E-state index contributed by atoms with van der Waals surface area (Å²) in [6.45, 7) is 3.58. The van der Waals surface area contributed by atoms with Gasteiger partial charge in [-0.2, -0.15) is 0 Å². The number of ether oxygens (including phenoxy) is 1. The molecule has 0 aromatic heterocycles. The Bertz CT molecular complexity index is 513. The third-order valence-corrected chi connectivity index (χ3v) is 3.19.